The fraction of sp³-hybridized carbons (Fsp3) is 1.00. The maximum Gasteiger partial charge on any atom is 0.360 e. The molecule has 0 aromatic rings. The van der Waals surface area contributed by atoms with Gasteiger partial charge in [-0.15, -0.1) is 0 Å². The number of rotatable bonds is 5. The Hall–Kier alpha value is 0.465. The Morgan fingerprint density at radius 3 is 3.00 bits per heavy atom. The van der Waals surface area contributed by atoms with Crippen molar-refractivity contribution in [3.05, 3.63) is 0 Å². The highest BCUT2D eigenvalue weighted by molar-refractivity contribution is 9.09. The minimum absolute atomic E-state index is 0.660. The molecule has 0 unspecified atom stereocenters. The van der Waals surface area contributed by atoms with E-state index in [1.54, 1.807) is 7.11 Å². The first kappa shape index (κ1) is 8.46. The van der Waals surface area contributed by atoms with E-state index in [1.165, 1.54) is 0 Å². The van der Waals surface area contributed by atoms with Gasteiger partial charge in [0.1, 0.15) is 0 Å². The van der Waals surface area contributed by atoms with Gasteiger partial charge < -0.3 is 9.88 Å². The second-order valence-corrected chi connectivity index (χ2v) is 2.27. The Kier molecular flexibility index (Phi) is 7.90. The molecule has 0 aliphatic heterocycles. The van der Waals surface area contributed by atoms with Crippen molar-refractivity contribution in [2.75, 3.05) is 19.0 Å². The summed E-state index contributed by atoms with van der Waals surface area (Å²) in [7, 11) is 2.34. The predicted molar refractivity (Wildman–Crippen MR) is 40.6 cm³/mol. The fourth-order valence-corrected chi connectivity index (χ4v) is 0.646. The summed E-state index contributed by atoms with van der Waals surface area (Å²) in [5.41, 5.74) is 0. The lowest BCUT2D eigenvalue weighted by Crippen LogP contribution is -2.21. The standard InChI is InChI=1S/C4H11BBrNO/c1-8-5-7-4-2-3-6/h5,7H,2-4H2,1H3. The van der Waals surface area contributed by atoms with Gasteiger partial charge in [0.2, 0.25) is 0 Å². The van der Waals surface area contributed by atoms with Crippen molar-refractivity contribution in [2.45, 2.75) is 6.42 Å². The molecule has 4 heteroatoms. The smallest absolute Gasteiger partial charge is 0.360 e. The van der Waals surface area contributed by atoms with E-state index in [0.29, 0.717) is 7.62 Å². The molecule has 0 aliphatic carbocycles. The minimum Gasteiger partial charge on any atom is -0.427 e. The Labute approximate surface area is 59.4 Å². The van der Waals surface area contributed by atoms with Crippen LogP contribution in [0.4, 0.5) is 0 Å². The van der Waals surface area contributed by atoms with Crippen molar-refractivity contribution < 1.29 is 4.65 Å². The molecule has 0 aliphatic rings. The molecule has 0 amide bonds. The monoisotopic (exact) mass is 179 g/mol. The first-order valence-electron chi connectivity index (χ1n) is 2.67. The topological polar surface area (TPSA) is 21.3 Å². The van der Waals surface area contributed by atoms with Crippen LogP contribution in [0.5, 0.6) is 0 Å². The van der Waals surface area contributed by atoms with Gasteiger partial charge in [-0.05, 0) is 13.0 Å². The number of alkyl halides is 1. The first-order chi connectivity index (χ1) is 3.91. The van der Waals surface area contributed by atoms with Gasteiger partial charge in [0.05, 0.1) is 0 Å². The zero-order valence-electron chi connectivity index (χ0n) is 5.11. The molecule has 48 valence electrons. The molecule has 0 heterocycles. The molecule has 0 radical (unpaired) electrons. The number of hydrogen-bond donors (Lipinski definition) is 1. The van der Waals surface area contributed by atoms with Gasteiger partial charge in [-0.3, -0.25) is 0 Å². The maximum atomic E-state index is 4.76. The van der Waals surface area contributed by atoms with E-state index in [2.05, 4.69) is 21.2 Å². The molecule has 0 aromatic carbocycles. The van der Waals surface area contributed by atoms with Crippen molar-refractivity contribution in [3.63, 3.8) is 0 Å². The van der Waals surface area contributed by atoms with Crippen LogP contribution >= 0.6 is 15.9 Å². The van der Waals surface area contributed by atoms with E-state index < -0.39 is 0 Å². The summed E-state index contributed by atoms with van der Waals surface area (Å²) in [6, 6.07) is 0. The highest BCUT2D eigenvalue weighted by Crippen LogP contribution is 1.82. The molecule has 0 bridgehead atoms. The second kappa shape index (κ2) is 7.46. The molecule has 8 heavy (non-hydrogen) atoms. The Balaban J connectivity index is 2.53. The van der Waals surface area contributed by atoms with Gasteiger partial charge in [-0.25, -0.2) is 0 Å². The van der Waals surface area contributed by atoms with Crippen LogP contribution in [0.1, 0.15) is 6.42 Å². The van der Waals surface area contributed by atoms with Crippen molar-refractivity contribution in [2.24, 2.45) is 0 Å². The van der Waals surface area contributed by atoms with Crippen LogP contribution in [-0.4, -0.2) is 26.6 Å². The number of halogens is 1. The van der Waals surface area contributed by atoms with E-state index in [4.69, 9.17) is 4.65 Å². The van der Waals surface area contributed by atoms with Gasteiger partial charge in [0.25, 0.3) is 0 Å². The van der Waals surface area contributed by atoms with Gasteiger partial charge in [0, 0.05) is 12.4 Å². The van der Waals surface area contributed by atoms with Crippen molar-refractivity contribution in [1.82, 2.24) is 5.23 Å². The molecule has 1 N–H and O–H groups in total. The van der Waals surface area contributed by atoms with E-state index in [1.807, 2.05) is 0 Å². The Morgan fingerprint density at radius 1 is 1.75 bits per heavy atom. The average molecular weight is 180 g/mol. The summed E-state index contributed by atoms with van der Waals surface area (Å²) in [5, 5.41) is 4.14. The fourth-order valence-electron chi connectivity index (χ4n) is 0.366. The molecule has 2 nitrogen and oxygen atoms in total. The van der Waals surface area contributed by atoms with Crippen LogP contribution in [-0.2, 0) is 4.65 Å². The van der Waals surface area contributed by atoms with Crippen LogP contribution in [0.3, 0.4) is 0 Å². The highest BCUT2D eigenvalue weighted by atomic mass is 79.9. The SMILES string of the molecule is COBNCCCBr. The van der Waals surface area contributed by atoms with Crippen molar-refractivity contribution >= 4 is 23.5 Å². The minimum atomic E-state index is 0.660. The van der Waals surface area contributed by atoms with Gasteiger partial charge in [-0.2, -0.15) is 0 Å². The highest BCUT2D eigenvalue weighted by Gasteiger charge is 1.84. The van der Waals surface area contributed by atoms with Gasteiger partial charge in [-0.1, -0.05) is 15.9 Å². The van der Waals surface area contributed by atoms with Crippen molar-refractivity contribution in [3.8, 4) is 0 Å². The molecule has 0 rings (SSSR count). The third-order valence-corrected chi connectivity index (χ3v) is 1.29. The third-order valence-electron chi connectivity index (χ3n) is 0.734. The second-order valence-electron chi connectivity index (χ2n) is 1.48. The number of nitrogens with one attached hydrogen (secondary N) is 1. The molecule has 0 spiro atoms. The summed E-state index contributed by atoms with van der Waals surface area (Å²) < 4.78 is 4.76. The van der Waals surface area contributed by atoms with Crippen LogP contribution in [0.2, 0.25) is 0 Å². The normalized spacial score (nSPS) is 9.25. The zero-order chi connectivity index (χ0) is 6.24. The molecule has 0 saturated carbocycles. The van der Waals surface area contributed by atoms with Gasteiger partial charge >= 0.3 is 7.62 Å². The molecule has 0 aromatic heterocycles. The predicted octanol–water partition coefficient (Wildman–Crippen LogP) is 0.274. The van der Waals surface area contributed by atoms with Crippen LogP contribution in [0.15, 0.2) is 0 Å². The molecule has 0 fully saturated rings. The molecule has 0 atom stereocenters. The quantitative estimate of drug-likeness (QED) is 0.372. The third kappa shape index (κ3) is 6.46. The Bertz CT molecular complexity index is 41.0. The van der Waals surface area contributed by atoms with E-state index >= 15 is 0 Å². The number of hydrogen-bond acceptors (Lipinski definition) is 2. The largest absolute Gasteiger partial charge is 0.427 e. The lowest BCUT2D eigenvalue weighted by Gasteiger charge is -1.96. The lowest BCUT2D eigenvalue weighted by molar-refractivity contribution is 0.431. The summed E-state index contributed by atoms with van der Waals surface area (Å²) in [5.74, 6) is 0. The zero-order valence-corrected chi connectivity index (χ0v) is 6.70. The average Bonchev–Trinajstić information content (AvgIpc) is 1.81. The van der Waals surface area contributed by atoms with Crippen LogP contribution < -0.4 is 5.23 Å². The maximum absolute atomic E-state index is 4.76. The summed E-state index contributed by atoms with van der Waals surface area (Å²) in [6.45, 7) is 1.03. The van der Waals surface area contributed by atoms with Crippen molar-refractivity contribution in [1.29, 1.82) is 0 Å². The molecular weight excluding hydrogens is 169 g/mol. The summed E-state index contributed by atoms with van der Waals surface area (Å²) in [4.78, 5) is 0. The van der Waals surface area contributed by atoms with Gasteiger partial charge in [0.15, 0.2) is 0 Å². The molecular formula is C4H11BBrNO. The van der Waals surface area contributed by atoms with E-state index in [-0.39, 0.29) is 0 Å². The van der Waals surface area contributed by atoms with E-state index in [9.17, 15) is 0 Å². The first-order valence-corrected chi connectivity index (χ1v) is 3.79. The summed E-state index contributed by atoms with van der Waals surface area (Å²) in [6.07, 6.45) is 1.16. The Morgan fingerprint density at radius 2 is 2.50 bits per heavy atom. The summed E-state index contributed by atoms with van der Waals surface area (Å²) >= 11 is 3.32. The van der Waals surface area contributed by atoms with Crippen LogP contribution in [0.25, 0.3) is 0 Å². The lowest BCUT2D eigenvalue weighted by atomic mass is 10.2. The van der Waals surface area contributed by atoms with Crippen LogP contribution in [0, 0.1) is 0 Å². The van der Waals surface area contributed by atoms with E-state index in [0.717, 1.165) is 18.3 Å². The molecule has 0 saturated heterocycles.